The first-order valence-corrected chi connectivity index (χ1v) is 8.47. The van der Waals surface area contributed by atoms with Crippen molar-refractivity contribution in [3.8, 4) is 5.75 Å². The topological polar surface area (TPSA) is 79.5 Å². The van der Waals surface area contributed by atoms with E-state index >= 15 is 0 Å². The molecule has 6 nitrogen and oxygen atoms in total. The Morgan fingerprint density at radius 2 is 1.46 bits per heavy atom. The third kappa shape index (κ3) is 5.56. The molecule has 2 rings (SSSR count). The fourth-order valence-electron chi connectivity index (χ4n) is 2.00. The van der Waals surface area contributed by atoms with Crippen LogP contribution < -0.4 is 20.7 Å². The minimum Gasteiger partial charge on any atom is -0.497 e. The second kappa shape index (κ2) is 8.96. The maximum atomic E-state index is 12.2. The first-order chi connectivity index (χ1) is 12.4. The van der Waals surface area contributed by atoms with Gasteiger partial charge >= 0.3 is 0 Å². The van der Waals surface area contributed by atoms with E-state index in [1.54, 1.807) is 55.6 Å². The van der Waals surface area contributed by atoms with Crippen LogP contribution in [0.5, 0.6) is 5.75 Å². The van der Waals surface area contributed by atoms with Crippen LogP contribution >= 0.6 is 12.2 Å². The molecular weight excluding hydrogens is 350 g/mol. The van der Waals surface area contributed by atoms with Crippen molar-refractivity contribution in [3.63, 3.8) is 0 Å². The molecule has 2 amide bonds. The van der Waals surface area contributed by atoms with Gasteiger partial charge in [0.15, 0.2) is 5.11 Å². The van der Waals surface area contributed by atoms with Crippen molar-refractivity contribution in [1.82, 2.24) is 5.32 Å². The van der Waals surface area contributed by atoms with Crippen LogP contribution in [0.2, 0.25) is 0 Å². The molecule has 0 unspecified atom stereocenters. The highest BCUT2D eigenvalue weighted by Crippen LogP contribution is 2.15. The van der Waals surface area contributed by atoms with Crippen LogP contribution in [-0.2, 0) is 4.79 Å². The highest BCUT2D eigenvalue weighted by Gasteiger charge is 2.09. The highest BCUT2D eigenvalue weighted by atomic mass is 32.1. The summed E-state index contributed by atoms with van der Waals surface area (Å²) in [7, 11) is 1.56. The van der Waals surface area contributed by atoms with Gasteiger partial charge in [-0.15, -0.1) is 0 Å². The molecule has 0 saturated heterocycles. The van der Waals surface area contributed by atoms with E-state index in [-0.39, 0.29) is 22.8 Å². The zero-order valence-corrected chi connectivity index (χ0v) is 15.6. The standard InChI is InChI=1S/C19H21N3O3S/c1-12(2)17(23)20-14-6-8-15(9-7-14)21-19(26)22-18(24)13-4-10-16(25-3)11-5-13/h4-12H,1-3H3,(H,20,23)(H2,21,22,24,26). The number of amides is 2. The minimum absolute atomic E-state index is 0.0482. The summed E-state index contributed by atoms with van der Waals surface area (Å²) in [5.41, 5.74) is 1.87. The summed E-state index contributed by atoms with van der Waals surface area (Å²) in [6, 6.07) is 13.8. The average molecular weight is 371 g/mol. The highest BCUT2D eigenvalue weighted by molar-refractivity contribution is 7.80. The maximum absolute atomic E-state index is 12.2. The van der Waals surface area contributed by atoms with E-state index in [9.17, 15) is 9.59 Å². The van der Waals surface area contributed by atoms with Crippen LogP contribution in [0, 0.1) is 5.92 Å². The first-order valence-electron chi connectivity index (χ1n) is 8.06. The van der Waals surface area contributed by atoms with Crippen molar-refractivity contribution >= 4 is 40.5 Å². The van der Waals surface area contributed by atoms with Gasteiger partial charge in [0.1, 0.15) is 5.75 Å². The van der Waals surface area contributed by atoms with Crippen molar-refractivity contribution in [3.05, 3.63) is 54.1 Å². The lowest BCUT2D eigenvalue weighted by molar-refractivity contribution is -0.118. The van der Waals surface area contributed by atoms with Gasteiger partial charge in [0.05, 0.1) is 7.11 Å². The SMILES string of the molecule is COc1ccc(C(=O)NC(=S)Nc2ccc(NC(=O)C(C)C)cc2)cc1. The van der Waals surface area contributed by atoms with Gasteiger partial charge in [-0.05, 0) is 60.7 Å². The number of hydrogen-bond acceptors (Lipinski definition) is 4. The molecule has 0 atom stereocenters. The number of ether oxygens (including phenoxy) is 1. The molecule has 0 spiro atoms. The second-order valence-electron chi connectivity index (χ2n) is 5.86. The fraction of sp³-hybridized carbons (Fsp3) is 0.211. The van der Waals surface area contributed by atoms with E-state index in [2.05, 4.69) is 16.0 Å². The van der Waals surface area contributed by atoms with Crippen LogP contribution in [-0.4, -0.2) is 24.0 Å². The van der Waals surface area contributed by atoms with Gasteiger partial charge in [0.25, 0.3) is 5.91 Å². The lowest BCUT2D eigenvalue weighted by Crippen LogP contribution is -2.34. The third-order valence-electron chi connectivity index (χ3n) is 3.51. The molecule has 7 heteroatoms. The van der Waals surface area contributed by atoms with E-state index in [0.29, 0.717) is 22.7 Å². The van der Waals surface area contributed by atoms with Gasteiger partial charge < -0.3 is 15.4 Å². The predicted molar refractivity (Wildman–Crippen MR) is 107 cm³/mol. The number of rotatable bonds is 5. The van der Waals surface area contributed by atoms with Crippen molar-refractivity contribution < 1.29 is 14.3 Å². The zero-order chi connectivity index (χ0) is 19.1. The van der Waals surface area contributed by atoms with E-state index in [1.165, 1.54) is 0 Å². The molecule has 26 heavy (non-hydrogen) atoms. The lowest BCUT2D eigenvalue weighted by atomic mass is 10.2. The second-order valence-corrected chi connectivity index (χ2v) is 6.27. The molecule has 2 aromatic carbocycles. The van der Waals surface area contributed by atoms with Gasteiger partial charge in [0, 0.05) is 22.9 Å². The monoisotopic (exact) mass is 371 g/mol. The van der Waals surface area contributed by atoms with Crippen LogP contribution in [0.4, 0.5) is 11.4 Å². The smallest absolute Gasteiger partial charge is 0.257 e. The average Bonchev–Trinajstić information content (AvgIpc) is 2.63. The molecule has 2 aromatic rings. The van der Waals surface area contributed by atoms with E-state index in [4.69, 9.17) is 17.0 Å². The third-order valence-corrected chi connectivity index (χ3v) is 3.72. The Labute approximate surface area is 157 Å². The number of benzene rings is 2. The van der Waals surface area contributed by atoms with Crippen LogP contribution in [0.15, 0.2) is 48.5 Å². The number of hydrogen-bond donors (Lipinski definition) is 3. The number of thiocarbonyl (C=S) groups is 1. The largest absolute Gasteiger partial charge is 0.497 e. The number of carbonyl (C=O) groups excluding carboxylic acids is 2. The van der Waals surface area contributed by atoms with Gasteiger partial charge in [-0.25, -0.2) is 0 Å². The number of nitrogens with one attached hydrogen (secondary N) is 3. The number of anilines is 2. The molecule has 0 aliphatic rings. The van der Waals surface area contributed by atoms with Gasteiger partial charge in [-0.3, -0.25) is 14.9 Å². The first kappa shape index (κ1) is 19.4. The Morgan fingerprint density at radius 1 is 0.923 bits per heavy atom. The summed E-state index contributed by atoms with van der Waals surface area (Å²) in [5, 5.41) is 8.54. The van der Waals surface area contributed by atoms with Crippen molar-refractivity contribution in [2.45, 2.75) is 13.8 Å². The summed E-state index contributed by atoms with van der Waals surface area (Å²) < 4.78 is 5.06. The lowest BCUT2D eigenvalue weighted by Gasteiger charge is -2.11. The number of methoxy groups -OCH3 is 1. The molecule has 0 fully saturated rings. The molecule has 136 valence electrons. The van der Waals surface area contributed by atoms with Crippen LogP contribution in [0.3, 0.4) is 0 Å². The van der Waals surface area contributed by atoms with Crippen molar-refractivity contribution in [2.75, 3.05) is 17.7 Å². The van der Waals surface area contributed by atoms with Crippen LogP contribution in [0.1, 0.15) is 24.2 Å². The molecule has 0 aliphatic heterocycles. The van der Waals surface area contributed by atoms with E-state index in [1.807, 2.05) is 13.8 Å². The Balaban J connectivity index is 1.90. The Morgan fingerprint density at radius 3 is 1.96 bits per heavy atom. The minimum atomic E-state index is -0.314. The van der Waals surface area contributed by atoms with Gasteiger partial charge in [-0.1, -0.05) is 13.8 Å². The molecule has 3 N–H and O–H groups in total. The zero-order valence-electron chi connectivity index (χ0n) is 14.8. The maximum Gasteiger partial charge on any atom is 0.257 e. The van der Waals surface area contributed by atoms with Crippen molar-refractivity contribution in [1.29, 1.82) is 0 Å². The summed E-state index contributed by atoms with van der Waals surface area (Å²) in [4.78, 5) is 23.8. The van der Waals surface area contributed by atoms with E-state index < -0.39 is 0 Å². The van der Waals surface area contributed by atoms with Gasteiger partial charge in [-0.2, -0.15) is 0 Å². The molecule has 0 aliphatic carbocycles. The van der Waals surface area contributed by atoms with Crippen LogP contribution in [0.25, 0.3) is 0 Å². The quantitative estimate of drug-likeness (QED) is 0.702. The summed E-state index contributed by atoms with van der Waals surface area (Å²) in [6.45, 7) is 3.66. The Hall–Kier alpha value is -2.93. The summed E-state index contributed by atoms with van der Waals surface area (Å²) in [6.07, 6.45) is 0. The molecule has 0 saturated carbocycles. The summed E-state index contributed by atoms with van der Waals surface area (Å²) >= 11 is 5.16. The molecule has 0 radical (unpaired) electrons. The normalized spacial score (nSPS) is 10.2. The molecular formula is C19H21N3O3S. The number of carbonyl (C=O) groups is 2. The Bertz CT molecular complexity index is 787. The van der Waals surface area contributed by atoms with Crippen molar-refractivity contribution in [2.24, 2.45) is 5.92 Å². The molecule has 0 bridgehead atoms. The Kier molecular flexibility index (Phi) is 6.68. The van der Waals surface area contributed by atoms with E-state index in [0.717, 1.165) is 0 Å². The molecule has 0 heterocycles. The fourth-order valence-corrected chi connectivity index (χ4v) is 2.21. The summed E-state index contributed by atoms with van der Waals surface area (Å²) in [5.74, 6) is 0.222. The molecule has 0 aromatic heterocycles. The predicted octanol–water partition coefficient (Wildman–Crippen LogP) is 3.42. The van der Waals surface area contributed by atoms with Gasteiger partial charge in [0.2, 0.25) is 5.91 Å².